The number of carbonyl (C=O) groups is 1. The Morgan fingerprint density at radius 2 is 2.36 bits per heavy atom. The van der Waals surface area contributed by atoms with Crippen LogP contribution in [0.15, 0.2) is 18.6 Å². The summed E-state index contributed by atoms with van der Waals surface area (Å²) in [5.41, 5.74) is 1.84. The van der Waals surface area contributed by atoms with Crippen molar-refractivity contribution in [2.24, 2.45) is 0 Å². The second-order valence-corrected chi connectivity index (χ2v) is 2.41. The third-order valence-corrected chi connectivity index (χ3v) is 1.67. The molecule has 11 heavy (non-hydrogen) atoms. The van der Waals surface area contributed by atoms with Gasteiger partial charge in [0.05, 0.1) is 6.20 Å². The van der Waals surface area contributed by atoms with Crippen LogP contribution in [0.4, 0.5) is 0 Å². The number of hydrogen-bond acceptors (Lipinski definition) is 2. The third kappa shape index (κ3) is 0.690. The highest BCUT2D eigenvalue weighted by Crippen LogP contribution is 2.07. The Balaban J connectivity index is 2.90. The fourth-order valence-corrected chi connectivity index (χ4v) is 1.16. The van der Waals surface area contributed by atoms with Crippen molar-refractivity contribution in [2.75, 3.05) is 0 Å². The van der Waals surface area contributed by atoms with E-state index in [0.29, 0.717) is 0 Å². The largest absolute Gasteiger partial charge is 0.278 e. The monoisotopic (exact) mass is 149 g/mol. The standard InChI is InChI=1S/C7H7N3O/c1-6-4-8-10-3-2-9(5-11)7(6)10/h2-5H,1H3. The van der Waals surface area contributed by atoms with E-state index < -0.39 is 0 Å². The SMILES string of the molecule is Cc1cnn2ccn(C=O)c12. The van der Waals surface area contributed by atoms with E-state index in [1.54, 1.807) is 23.1 Å². The van der Waals surface area contributed by atoms with Gasteiger partial charge in [-0.1, -0.05) is 0 Å². The summed E-state index contributed by atoms with van der Waals surface area (Å²) in [5, 5.41) is 4.02. The van der Waals surface area contributed by atoms with Gasteiger partial charge in [-0.2, -0.15) is 5.10 Å². The van der Waals surface area contributed by atoms with Gasteiger partial charge in [0.2, 0.25) is 6.41 Å². The van der Waals surface area contributed by atoms with Crippen LogP contribution in [-0.2, 0) is 4.79 Å². The molecule has 0 N–H and O–H groups in total. The van der Waals surface area contributed by atoms with Gasteiger partial charge in [-0.25, -0.2) is 4.52 Å². The van der Waals surface area contributed by atoms with Crippen LogP contribution in [0.25, 0.3) is 5.65 Å². The number of nitrogens with zero attached hydrogens (tertiary/aromatic N) is 3. The maximum absolute atomic E-state index is 10.5. The van der Waals surface area contributed by atoms with Crippen LogP contribution in [-0.4, -0.2) is 20.6 Å². The van der Waals surface area contributed by atoms with Gasteiger partial charge in [-0.05, 0) is 6.92 Å². The van der Waals surface area contributed by atoms with Crippen molar-refractivity contribution in [3.8, 4) is 0 Å². The van der Waals surface area contributed by atoms with Gasteiger partial charge in [-0.15, -0.1) is 0 Å². The van der Waals surface area contributed by atoms with Crippen molar-refractivity contribution < 1.29 is 4.79 Å². The number of imidazole rings is 1. The van der Waals surface area contributed by atoms with Crippen molar-refractivity contribution >= 4 is 12.1 Å². The molecule has 0 unspecified atom stereocenters. The second-order valence-electron chi connectivity index (χ2n) is 2.41. The number of aryl methyl sites for hydroxylation is 1. The Bertz CT molecular complexity index is 399. The molecule has 2 aromatic heterocycles. The Kier molecular flexibility index (Phi) is 1.09. The van der Waals surface area contributed by atoms with E-state index >= 15 is 0 Å². The molecule has 2 rings (SSSR count). The maximum Gasteiger partial charge on any atom is 0.219 e. The zero-order valence-electron chi connectivity index (χ0n) is 6.06. The van der Waals surface area contributed by atoms with Crippen molar-refractivity contribution in [3.05, 3.63) is 24.2 Å². The van der Waals surface area contributed by atoms with Crippen molar-refractivity contribution in [1.29, 1.82) is 0 Å². The third-order valence-electron chi connectivity index (χ3n) is 1.67. The zero-order chi connectivity index (χ0) is 7.84. The summed E-state index contributed by atoms with van der Waals surface area (Å²) in [6, 6.07) is 0. The fraction of sp³-hybridized carbons (Fsp3) is 0.143. The van der Waals surface area contributed by atoms with Crippen LogP contribution < -0.4 is 0 Å². The van der Waals surface area contributed by atoms with E-state index in [4.69, 9.17) is 0 Å². The molecule has 0 aliphatic rings. The molecule has 4 nitrogen and oxygen atoms in total. The van der Waals surface area contributed by atoms with Crippen LogP contribution in [0.2, 0.25) is 0 Å². The zero-order valence-corrected chi connectivity index (χ0v) is 6.06. The Morgan fingerprint density at radius 3 is 3.09 bits per heavy atom. The van der Waals surface area contributed by atoms with Crippen LogP contribution in [0.3, 0.4) is 0 Å². The summed E-state index contributed by atoms with van der Waals surface area (Å²) < 4.78 is 3.17. The predicted molar refractivity (Wildman–Crippen MR) is 40.1 cm³/mol. The molecular formula is C7H7N3O. The van der Waals surface area contributed by atoms with Crippen LogP contribution in [0.1, 0.15) is 5.56 Å². The highest BCUT2D eigenvalue weighted by atomic mass is 16.1. The number of aromatic nitrogens is 3. The molecule has 0 saturated carbocycles. The van der Waals surface area contributed by atoms with E-state index in [0.717, 1.165) is 17.6 Å². The first-order chi connectivity index (χ1) is 5.33. The summed E-state index contributed by atoms with van der Waals surface area (Å²) in [6.45, 7) is 1.92. The molecule has 2 aromatic rings. The highest BCUT2D eigenvalue weighted by Gasteiger charge is 2.03. The normalized spacial score (nSPS) is 10.6. The lowest BCUT2D eigenvalue weighted by Gasteiger charge is -1.88. The van der Waals surface area contributed by atoms with Gasteiger partial charge in [0.25, 0.3) is 0 Å². The predicted octanol–water partition coefficient (Wildman–Crippen LogP) is 0.483. The van der Waals surface area contributed by atoms with Gasteiger partial charge < -0.3 is 0 Å². The first-order valence-electron chi connectivity index (χ1n) is 3.29. The van der Waals surface area contributed by atoms with Crippen LogP contribution in [0.5, 0.6) is 0 Å². The van der Waals surface area contributed by atoms with Gasteiger partial charge in [0.1, 0.15) is 5.65 Å². The molecule has 2 heterocycles. The first-order valence-corrected chi connectivity index (χ1v) is 3.29. The minimum absolute atomic E-state index is 0.768. The minimum atomic E-state index is 0.768. The van der Waals surface area contributed by atoms with E-state index in [2.05, 4.69) is 5.10 Å². The number of hydrogen-bond donors (Lipinski definition) is 0. The van der Waals surface area contributed by atoms with Gasteiger partial charge in [-0.3, -0.25) is 9.36 Å². The number of carbonyl (C=O) groups excluding carboxylic acids is 1. The van der Waals surface area contributed by atoms with Crippen molar-refractivity contribution in [1.82, 2.24) is 14.2 Å². The molecule has 0 saturated heterocycles. The molecule has 0 aliphatic heterocycles. The molecule has 0 spiro atoms. The summed E-state index contributed by atoms with van der Waals surface area (Å²) in [5.74, 6) is 0. The molecule has 0 aromatic carbocycles. The van der Waals surface area contributed by atoms with Gasteiger partial charge >= 0.3 is 0 Å². The van der Waals surface area contributed by atoms with Gasteiger partial charge in [0.15, 0.2) is 0 Å². The quantitative estimate of drug-likeness (QED) is 0.553. The molecule has 0 bridgehead atoms. The molecule has 0 amide bonds. The van der Waals surface area contributed by atoms with Gasteiger partial charge in [0, 0.05) is 18.0 Å². The van der Waals surface area contributed by atoms with E-state index in [1.807, 2.05) is 6.92 Å². The van der Waals surface area contributed by atoms with E-state index in [-0.39, 0.29) is 0 Å². The smallest absolute Gasteiger partial charge is 0.219 e. The minimum Gasteiger partial charge on any atom is -0.278 e. The highest BCUT2D eigenvalue weighted by molar-refractivity contribution is 5.64. The lowest BCUT2D eigenvalue weighted by atomic mass is 10.4. The average Bonchev–Trinajstić information content (AvgIpc) is 2.54. The second kappa shape index (κ2) is 1.95. The lowest BCUT2D eigenvalue weighted by molar-refractivity contribution is 0.548. The molecule has 0 fully saturated rings. The first kappa shape index (κ1) is 6.15. The lowest BCUT2D eigenvalue weighted by Crippen LogP contribution is -1.92. The average molecular weight is 149 g/mol. The van der Waals surface area contributed by atoms with E-state index in [1.165, 1.54) is 4.57 Å². The molecule has 0 radical (unpaired) electrons. The Hall–Kier alpha value is -1.58. The van der Waals surface area contributed by atoms with E-state index in [9.17, 15) is 4.79 Å². The number of rotatable bonds is 1. The molecule has 0 aliphatic carbocycles. The van der Waals surface area contributed by atoms with Crippen LogP contribution >= 0.6 is 0 Å². The Morgan fingerprint density at radius 1 is 1.55 bits per heavy atom. The summed E-state index contributed by atoms with van der Waals surface area (Å²) in [4.78, 5) is 10.5. The molecule has 4 heteroatoms. The summed E-state index contributed by atoms with van der Waals surface area (Å²) in [7, 11) is 0. The molecule has 56 valence electrons. The van der Waals surface area contributed by atoms with Crippen LogP contribution in [0, 0.1) is 6.92 Å². The maximum atomic E-state index is 10.5. The topological polar surface area (TPSA) is 39.3 Å². The number of fused-ring (bicyclic) bond motifs is 1. The fourth-order valence-electron chi connectivity index (χ4n) is 1.16. The molecule has 0 atom stereocenters. The van der Waals surface area contributed by atoms with Crippen molar-refractivity contribution in [3.63, 3.8) is 0 Å². The summed E-state index contributed by atoms with van der Waals surface area (Å²) >= 11 is 0. The van der Waals surface area contributed by atoms with Crippen molar-refractivity contribution in [2.45, 2.75) is 6.92 Å². The molecular weight excluding hydrogens is 142 g/mol. The Labute approximate surface area is 63.0 Å². The summed E-state index contributed by atoms with van der Waals surface area (Å²) in [6.07, 6.45) is 5.93.